The average molecular weight is 333 g/mol. The molecule has 0 radical (unpaired) electrons. The highest BCUT2D eigenvalue weighted by Crippen LogP contribution is 2.17. The van der Waals surface area contributed by atoms with Crippen molar-refractivity contribution in [2.75, 3.05) is 12.3 Å². The third kappa shape index (κ3) is 3.39. The van der Waals surface area contributed by atoms with Crippen LogP contribution >= 0.6 is 15.9 Å². The molecule has 4 heteroatoms. The van der Waals surface area contributed by atoms with Gasteiger partial charge in [0.2, 0.25) is 0 Å². The van der Waals surface area contributed by atoms with Crippen molar-refractivity contribution in [1.82, 2.24) is 4.90 Å². The van der Waals surface area contributed by atoms with Gasteiger partial charge in [-0.05, 0) is 42.8 Å². The lowest BCUT2D eigenvalue weighted by atomic mass is 10.1. The van der Waals surface area contributed by atoms with Gasteiger partial charge in [0, 0.05) is 28.8 Å². The summed E-state index contributed by atoms with van der Waals surface area (Å²) in [5.74, 6) is 0.0169. The Morgan fingerprint density at radius 3 is 2.40 bits per heavy atom. The number of halogens is 1. The van der Waals surface area contributed by atoms with Gasteiger partial charge < -0.3 is 10.6 Å². The molecule has 0 bridgehead atoms. The molecule has 0 saturated heterocycles. The van der Waals surface area contributed by atoms with Crippen LogP contribution in [0.5, 0.6) is 0 Å². The molecule has 0 spiro atoms. The fourth-order valence-electron chi connectivity index (χ4n) is 1.99. The first-order valence-electron chi connectivity index (χ1n) is 6.50. The van der Waals surface area contributed by atoms with E-state index in [1.807, 2.05) is 55.5 Å². The van der Waals surface area contributed by atoms with Crippen LogP contribution in [0.2, 0.25) is 0 Å². The standard InChI is InChI=1S/C16H17BrN2O/c1-2-19(11-13-5-3-4-6-15(13)18)16(20)12-7-9-14(17)10-8-12/h3-10H,2,11,18H2,1H3. The Kier molecular flexibility index (Phi) is 4.79. The number of amides is 1. The number of nitrogens with two attached hydrogens (primary N) is 1. The second-order valence-electron chi connectivity index (χ2n) is 4.53. The Labute approximate surface area is 127 Å². The lowest BCUT2D eigenvalue weighted by molar-refractivity contribution is 0.0753. The van der Waals surface area contributed by atoms with Gasteiger partial charge in [-0.1, -0.05) is 34.1 Å². The van der Waals surface area contributed by atoms with Crippen LogP contribution in [0.25, 0.3) is 0 Å². The monoisotopic (exact) mass is 332 g/mol. The van der Waals surface area contributed by atoms with Gasteiger partial charge in [0.15, 0.2) is 0 Å². The molecule has 0 fully saturated rings. The van der Waals surface area contributed by atoms with Crippen molar-refractivity contribution in [3.05, 3.63) is 64.1 Å². The molecule has 0 saturated carbocycles. The topological polar surface area (TPSA) is 46.3 Å². The summed E-state index contributed by atoms with van der Waals surface area (Å²) in [6.45, 7) is 3.14. The van der Waals surface area contributed by atoms with Crippen molar-refractivity contribution in [3.63, 3.8) is 0 Å². The van der Waals surface area contributed by atoms with Gasteiger partial charge in [-0.15, -0.1) is 0 Å². The van der Waals surface area contributed by atoms with Crippen LogP contribution < -0.4 is 5.73 Å². The smallest absolute Gasteiger partial charge is 0.254 e. The molecule has 3 nitrogen and oxygen atoms in total. The highest BCUT2D eigenvalue weighted by molar-refractivity contribution is 9.10. The van der Waals surface area contributed by atoms with E-state index in [-0.39, 0.29) is 5.91 Å². The predicted molar refractivity (Wildman–Crippen MR) is 85.4 cm³/mol. The third-order valence-electron chi connectivity index (χ3n) is 3.18. The summed E-state index contributed by atoms with van der Waals surface area (Å²) in [7, 11) is 0. The molecule has 1 amide bonds. The molecule has 0 unspecified atom stereocenters. The van der Waals surface area contributed by atoms with E-state index >= 15 is 0 Å². The molecule has 0 aromatic heterocycles. The Hall–Kier alpha value is -1.81. The molecule has 0 atom stereocenters. The van der Waals surface area contributed by atoms with E-state index in [1.54, 1.807) is 4.90 Å². The molecule has 20 heavy (non-hydrogen) atoms. The summed E-state index contributed by atoms with van der Waals surface area (Å²) in [4.78, 5) is 14.3. The lowest BCUT2D eigenvalue weighted by Gasteiger charge is -2.22. The zero-order chi connectivity index (χ0) is 14.5. The Bertz CT molecular complexity index is 596. The van der Waals surface area contributed by atoms with Crippen LogP contribution in [0.15, 0.2) is 53.0 Å². The molecule has 2 aromatic carbocycles. The van der Waals surface area contributed by atoms with Crippen LogP contribution in [0.4, 0.5) is 5.69 Å². The van der Waals surface area contributed by atoms with Crippen LogP contribution in [-0.4, -0.2) is 17.4 Å². The minimum Gasteiger partial charge on any atom is -0.398 e. The fraction of sp³-hybridized carbons (Fsp3) is 0.188. The third-order valence-corrected chi connectivity index (χ3v) is 3.71. The van der Waals surface area contributed by atoms with Gasteiger partial charge in [0.25, 0.3) is 5.91 Å². The number of carbonyl (C=O) groups is 1. The van der Waals surface area contributed by atoms with Crippen LogP contribution in [0.3, 0.4) is 0 Å². The van der Waals surface area contributed by atoms with Gasteiger partial charge in [0.1, 0.15) is 0 Å². The Balaban J connectivity index is 2.18. The summed E-state index contributed by atoms with van der Waals surface area (Å²) in [6.07, 6.45) is 0. The van der Waals surface area contributed by atoms with Crippen molar-refractivity contribution in [2.45, 2.75) is 13.5 Å². The normalized spacial score (nSPS) is 10.3. The van der Waals surface area contributed by atoms with Crippen molar-refractivity contribution >= 4 is 27.5 Å². The van der Waals surface area contributed by atoms with Crippen LogP contribution in [-0.2, 0) is 6.54 Å². The maximum Gasteiger partial charge on any atom is 0.254 e. The number of para-hydroxylation sites is 1. The number of rotatable bonds is 4. The van der Waals surface area contributed by atoms with Gasteiger partial charge in [-0.25, -0.2) is 0 Å². The maximum atomic E-state index is 12.5. The second kappa shape index (κ2) is 6.57. The van der Waals surface area contributed by atoms with Crippen molar-refractivity contribution in [2.24, 2.45) is 0 Å². The fourth-order valence-corrected chi connectivity index (χ4v) is 2.25. The van der Waals surface area contributed by atoms with Gasteiger partial charge in [-0.2, -0.15) is 0 Å². The minimum atomic E-state index is 0.0169. The molecule has 0 aliphatic rings. The maximum absolute atomic E-state index is 12.5. The second-order valence-corrected chi connectivity index (χ2v) is 5.44. The molecular weight excluding hydrogens is 316 g/mol. The molecule has 2 aromatic rings. The molecule has 0 heterocycles. The predicted octanol–water partition coefficient (Wildman–Crippen LogP) is 3.69. The number of nitrogen functional groups attached to an aromatic ring is 1. The van der Waals surface area contributed by atoms with E-state index in [4.69, 9.17) is 5.73 Å². The van der Waals surface area contributed by atoms with Crippen molar-refractivity contribution in [3.8, 4) is 0 Å². The van der Waals surface area contributed by atoms with E-state index in [9.17, 15) is 4.79 Å². The number of anilines is 1. The van der Waals surface area contributed by atoms with Gasteiger partial charge in [0.05, 0.1) is 0 Å². The zero-order valence-corrected chi connectivity index (χ0v) is 12.9. The van der Waals surface area contributed by atoms with Crippen LogP contribution in [0, 0.1) is 0 Å². The highest BCUT2D eigenvalue weighted by Gasteiger charge is 2.15. The van der Waals surface area contributed by atoms with E-state index in [1.165, 1.54) is 0 Å². The van der Waals surface area contributed by atoms with Gasteiger partial charge in [-0.3, -0.25) is 4.79 Å². The Morgan fingerprint density at radius 1 is 1.15 bits per heavy atom. The number of carbonyl (C=O) groups excluding carboxylic acids is 1. The van der Waals surface area contributed by atoms with Gasteiger partial charge >= 0.3 is 0 Å². The summed E-state index contributed by atoms with van der Waals surface area (Å²) in [5.41, 5.74) is 8.31. The summed E-state index contributed by atoms with van der Waals surface area (Å²) in [6, 6.07) is 15.0. The van der Waals surface area contributed by atoms with E-state index < -0.39 is 0 Å². The molecular formula is C16H17BrN2O. The average Bonchev–Trinajstić information content (AvgIpc) is 2.46. The molecule has 2 rings (SSSR count). The molecule has 0 aliphatic heterocycles. The summed E-state index contributed by atoms with van der Waals surface area (Å²) >= 11 is 3.37. The number of benzene rings is 2. The first-order chi connectivity index (χ1) is 9.61. The van der Waals surface area contributed by atoms with Crippen LogP contribution in [0.1, 0.15) is 22.8 Å². The summed E-state index contributed by atoms with van der Waals surface area (Å²) < 4.78 is 0.962. The first kappa shape index (κ1) is 14.6. The molecule has 104 valence electrons. The van der Waals surface area contributed by atoms with Crippen molar-refractivity contribution in [1.29, 1.82) is 0 Å². The number of hydrogen-bond donors (Lipinski definition) is 1. The first-order valence-corrected chi connectivity index (χ1v) is 7.29. The van der Waals surface area contributed by atoms with E-state index in [2.05, 4.69) is 15.9 Å². The molecule has 0 aliphatic carbocycles. The highest BCUT2D eigenvalue weighted by atomic mass is 79.9. The quantitative estimate of drug-likeness (QED) is 0.868. The lowest BCUT2D eigenvalue weighted by Crippen LogP contribution is -2.30. The number of nitrogens with zero attached hydrogens (tertiary/aromatic N) is 1. The van der Waals surface area contributed by atoms with Crippen molar-refractivity contribution < 1.29 is 4.79 Å². The Morgan fingerprint density at radius 2 is 1.80 bits per heavy atom. The zero-order valence-electron chi connectivity index (χ0n) is 11.3. The summed E-state index contributed by atoms with van der Waals surface area (Å²) in [5, 5.41) is 0. The largest absolute Gasteiger partial charge is 0.398 e. The van der Waals surface area contributed by atoms with E-state index in [0.29, 0.717) is 18.7 Å². The number of hydrogen-bond acceptors (Lipinski definition) is 2. The minimum absolute atomic E-state index is 0.0169. The molecule has 2 N–H and O–H groups in total. The SMILES string of the molecule is CCN(Cc1ccccc1N)C(=O)c1ccc(Br)cc1. The van der Waals surface area contributed by atoms with E-state index in [0.717, 1.165) is 15.7 Å².